The van der Waals surface area contributed by atoms with Crippen LogP contribution in [0.15, 0.2) is 42.5 Å². The Labute approximate surface area is 98.9 Å². The van der Waals surface area contributed by atoms with E-state index in [0.29, 0.717) is 18.0 Å². The van der Waals surface area contributed by atoms with Crippen molar-refractivity contribution in [2.24, 2.45) is 0 Å². The zero-order valence-corrected chi connectivity index (χ0v) is 9.13. The van der Waals surface area contributed by atoms with Gasteiger partial charge in [-0.3, -0.25) is 0 Å². The zero-order chi connectivity index (χ0) is 12.3. The van der Waals surface area contributed by atoms with Crippen LogP contribution in [0.1, 0.15) is 5.56 Å². The van der Waals surface area contributed by atoms with Crippen molar-refractivity contribution in [1.82, 2.24) is 0 Å². The van der Waals surface area contributed by atoms with E-state index < -0.39 is 0 Å². The van der Waals surface area contributed by atoms with Crippen molar-refractivity contribution < 1.29 is 14.9 Å². The molecule has 4 nitrogen and oxygen atoms in total. The Morgan fingerprint density at radius 3 is 2.59 bits per heavy atom. The Hall–Kier alpha value is -2.36. The predicted molar refractivity (Wildman–Crippen MR) is 65.0 cm³/mol. The minimum Gasteiger partial charge on any atom is -0.508 e. The standard InChI is InChI=1S/C13H13NO3/c14-12-5-4-9(6-13(12)16)8-17-11-3-1-2-10(15)7-11/h1-7,15-16H,8,14H2. The SMILES string of the molecule is Nc1ccc(COc2cccc(O)c2)cc1O. The molecule has 2 rings (SSSR count). The summed E-state index contributed by atoms with van der Waals surface area (Å²) < 4.78 is 5.46. The maximum Gasteiger partial charge on any atom is 0.138 e. The van der Waals surface area contributed by atoms with Crippen LogP contribution in [-0.4, -0.2) is 10.2 Å². The van der Waals surface area contributed by atoms with Gasteiger partial charge in [-0.2, -0.15) is 0 Å². The van der Waals surface area contributed by atoms with Gasteiger partial charge < -0.3 is 20.7 Å². The lowest BCUT2D eigenvalue weighted by molar-refractivity contribution is 0.303. The van der Waals surface area contributed by atoms with Gasteiger partial charge >= 0.3 is 0 Å². The van der Waals surface area contributed by atoms with Gasteiger partial charge in [0.25, 0.3) is 0 Å². The van der Waals surface area contributed by atoms with E-state index in [9.17, 15) is 10.2 Å². The first-order valence-electron chi connectivity index (χ1n) is 5.14. The lowest BCUT2D eigenvalue weighted by atomic mass is 10.2. The first-order chi connectivity index (χ1) is 8.15. The van der Waals surface area contributed by atoms with Crippen molar-refractivity contribution in [3.8, 4) is 17.2 Å². The second kappa shape index (κ2) is 4.65. The summed E-state index contributed by atoms with van der Waals surface area (Å²) in [4.78, 5) is 0. The molecule has 0 bridgehead atoms. The number of benzene rings is 2. The molecule has 0 unspecified atom stereocenters. The van der Waals surface area contributed by atoms with Crippen LogP contribution in [0.4, 0.5) is 5.69 Å². The maximum atomic E-state index is 9.42. The Bertz CT molecular complexity index is 526. The molecular weight excluding hydrogens is 218 g/mol. The molecule has 88 valence electrons. The molecule has 4 heteroatoms. The highest BCUT2D eigenvalue weighted by molar-refractivity contribution is 5.52. The van der Waals surface area contributed by atoms with Gasteiger partial charge in [-0.25, -0.2) is 0 Å². The second-order valence-corrected chi connectivity index (χ2v) is 3.68. The molecule has 4 N–H and O–H groups in total. The molecule has 0 aliphatic rings. The van der Waals surface area contributed by atoms with Crippen molar-refractivity contribution in [3.05, 3.63) is 48.0 Å². The van der Waals surface area contributed by atoms with Gasteiger partial charge in [-0.05, 0) is 29.8 Å². The van der Waals surface area contributed by atoms with Crippen LogP contribution in [-0.2, 0) is 6.61 Å². The molecule has 0 aliphatic heterocycles. The third kappa shape index (κ3) is 2.81. The number of aromatic hydroxyl groups is 2. The van der Waals surface area contributed by atoms with Crippen LogP contribution in [0.2, 0.25) is 0 Å². The zero-order valence-electron chi connectivity index (χ0n) is 9.13. The summed E-state index contributed by atoms with van der Waals surface area (Å²) in [5.74, 6) is 0.769. The van der Waals surface area contributed by atoms with E-state index in [1.807, 2.05) is 0 Å². The molecule has 17 heavy (non-hydrogen) atoms. The topological polar surface area (TPSA) is 75.7 Å². The third-order valence-corrected chi connectivity index (χ3v) is 2.32. The summed E-state index contributed by atoms with van der Waals surface area (Å²) in [7, 11) is 0. The molecule has 0 spiro atoms. The quantitative estimate of drug-likeness (QED) is 0.559. The van der Waals surface area contributed by atoms with Crippen molar-refractivity contribution in [2.75, 3.05) is 5.73 Å². The van der Waals surface area contributed by atoms with Crippen LogP contribution in [0, 0.1) is 0 Å². The van der Waals surface area contributed by atoms with Crippen LogP contribution in [0.25, 0.3) is 0 Å². The highest BCUT2D eigenvalue weighted by Gasteiger charge is 2.01. The minimum absolute atomic E-state index is 0.0435. The van der Waals surface area contributed by atoms with Gasteiger partial charge in [0, 0.05) is 6.07 Å². The number of phenols is 2. The van der Waals surface area contributed by atoms with Gasteiger partial charge in [-0.15, -0.1) is 0 Å². The van der Waals surface area contributed by atoms with Crippen molar-refractivity contribution in [3.63, 3.8) is 0 Å². The van der Waals surface area contributed by atoms with Crippen molar-refractivity contribution >= 4 is 5.69 Å². The van der Waals surface area contributed by atoms with E-state index in [1.165, 1.54) is 6.07 Å². The number of nitrogens with two attached hydrogens (primary N) is 1. The Kier molecular flexibility index (Phi) is 3.05. The molecule has 0 saturated carbocycles. The molecule has 2 aromatic rings. The average molecular weight is 231 g/mol. The summed E-state index contributed by atoms with van der Waals surface area (Å²) >= 11 is 0. The number of ether oxygens (including phenoxy) is 1. The third-order valence-electron chi connectivity index (χ3n) is 2.32. The Morgan fingerprint density at radius 2 is 1.88 bits per heavy atom. The molecule has 2 aromatic carbocycles. The van der Waals surface area contributed by atoms with E-state index >= 15 is 0 Å². The first-order valence-corrected chi connectivity index (χ1v) is 5.14. The molecule has 0 amide bonds. The van der Waals surface area contributed by atoms with Crippen molar-refractivity contribution in [2.45, 2.75) is 6.61 Å². The largest absolute Gasteiger partial charge is 0.508 e. The summed E-state index contributed by atoms with van der Waals surface area (Å²) in [5.41, 5.74) is 6.64. The molecule has 0 aromatic heterocycles. The number of rotatable bonds is 3. The highest BCUT2D eigenvalue weighted by Crippen LogP contribution is 2.23. The summed E-state index contributed by atoms with van der Waals surface area (Å²) in [5, 5.41) is 18.7. The van der Waals surface area contributed by atoms with Gasteiger partial charge in [0.15, 0.2) is 0 Å². The fourth-order valence-corrected chi connectivity index (χ4v) is 1.42. The number of hydrogen-bond donors (Lipinski definition) is 3. The van der Waals surface area contributed by atoms with E-state index in [1.54, 1.807) is 36.4 Å². The molecular formula is C13H13NO3. The van der Waals surface area contributed by atoms with Gasteiger partial charge in [-0.1, -0.05) is 12.1 Å². The van der Waals surface area contributed by atoms with Crippen LogP contribution >= 0.6 is 0 Å². The molecule has 0 fully saturated rings. The maximum absolute atomic E-state index is 9.42. The monoisotopic (exact) mass is 231 g/mol. The molecule has 0 radical (unpaired) electrons. The van der Waals surface area contributed by atoms with Crippen LogP contribution in [0.3, 0.4) is 0 Å². The lowest BCUT2D eigenvalue weighted by Gasteiger charge is -2.07. The number of nitrogen functional groups attached to an aromatic ring is 1. The van der Waals surface area contributed by atoms with Crippen LogP contribution < -0.4 is 10.5 Å². The van der Waals surface area contributed by atoms with Gasteiger partial charge in [0.1, 0.15) is 23.9 Å². The summed E-state index contributed by atoms with van der Waals surface area (Å²) in [6.07, 6.45) is 0. The van der Waals surface area contributed by atoms with Crippen LogP contribution in [0.5, 0.6) is 17.2 Å². The average Bonchev–Trinajstić information content (AvgIpc) is 2.31. The minimum atomic E-state index is 0.0435. The number of anilines is 1. The van der Waals surface area contributed by atoms with E-state index in [-0.39, 0.29) is 11.5 Å². The highest BCUT2D eigenvalue weighted by atomic mass is 16.5. The van der Waals surface area contributed by atoms with Gasteiger partial charge in [0.2, 0.25) is 0 Å². The predicted octanol–water partition coefficient (Wildman–Crippen LogP) is 2.26. The Balaban J connectivity index is 2.05. The lowest BCUT2D eigenvalue weighted by Crippen LogP contribution is -1.96. The number of phenolic OH excluding ortho intramolecular Hbond substituents is 2. The molecule has 0 heterocycles. The normalized spacial score (nSPS) is 10.1. The smallest absolute Gasteiger partial charge is 0.138 e. The fourth-order valence-electron chi connectivity index (χ4n) is 1.42. The van der Waals surface area contributed by atoms with Crippen molar-refractivity contribution in [1.29, 1.82) is 0 Å². The number of hydrogen-bond acceptors (Lipinski definition) is 4. The molecule has 0 saturated heterocycles. The molecule has 0 atom stereocenters. The fraction of sp³-hybridized carbons (Fsp3) is 0.0769. The second-order valence-electron chi connectivity index (χ2n) is 3.68. The van der Waals surface area contributed by atoms with E-state index in [4.69, 9.17) is 10.5 Å². The van der Waals surface area contributed by atoms with E-state index in [2.05, 4.69) is 0 Å². The van der Waals surface area contributed by atoms with E-state index in [0.717, 1.165) is 5.56 Å². The Morgan fingerprint density at radius 1 is 1.06 bits per heavy atom. The summed E-state index contributed by atoms with van der Waals surface area (Å²) in [6, 6.07) is 11.5. The summed E-state index contributed by atoms with van der Waals surface area (Å²) in [6.45, 7) is 0.303. The molecule has 0 aliphatic carbocycles. The first kappa shape index (κ1) is 11.1. The van der Waals surface area contributed by atoms with Gasteiger partial charge in [0.05, 0.1) is 5.69 Å².